The van der Waals surface area contributed by atoms with Gasteiger partial charge in [0.25, 0.3) is 0 Å². The molecule has 0 spiro atoms. The fourth-order valence-corrected chi connectivity index (χ4v) is 2.17. The fraction of sp³-hybridized carbons (Fsp3) is 0.462. The van der Waals surface area contributed by atoms with Crippen LogP contribution in [0.15, 0.2) is 12.1 Å². The standard InChI is InChI=1S/C13H16FNO3/c1-7-4-8(14)5-9(10(7)16)11-13(2,3)6-18-12(17)15-11/h4-5,11,16H,6H2,1-3H3,(H,15,17)/t11-/m1/s1. The van der Waals surface area contributed by atoms with Crippen LogP contribution in [0.25, 0.3) is 0 Å². The number of hydrogen-bond donors (Lipinski definition) is 2. The number of alkyl carbamates (subject to hydrolysis) is 1. The summed E-state index contributed by atoms with van der Waals surface area (Å²) in [6, 6.07) is 2.03. The maximum Gasteiger partial charge on any atom is 0.407 e. The zero-order valence-electron chi connectivity index (χ0n) is 10.6. The zero-order valence-corrected chi connectivity index (χ0v) is 10.6. The SMILES string of the molecule is Cc1cc(F)cc([C@H]2NC(=O)OCC2(C)C)c1O. The number of nitrogens with one attached hydrogen (secondary N) is 1. The Morgan fingerprint density at radius 3 is 2.83 bits per heavy atom. The van der Waals surface area contributed by atoms with Crippen LogP contribution in [0.3, 0.4) is 0 Å². The van der Waals surface area contributed by atoms with Crippen molar-refractivity contribution in [3.8, 4) is 5.75 Å². The van der Waals surface area contributed by atoms with E-state index in [0.717, 1.165) is 0 Å². The predicted molar refractivity (Wildman–Crippen MR) is 63.8 cm³/mol. The van der Waals surface area contributed by atoms with Crippen LogP contribution in [0.4, 0.5) is 9.18 Å². The molecule has 0 aliphatic carbocycles. The summed E-state index contributed by atoms with van der Waals surface area (Å²) in [5.74, 6) is -0.423. The molecule has 2 rings (SSSR count). The molecule has 4 nitrogen and oxygen atoms in total. The Morgan fingerprint density at radius 1 is 1.50 bits per heavy atom. The van der Waals surface area contributed by atoms with E-state index in [1.54, 1.807) is 6.92 Å². The molecule has 0 bridgehead atoms. The summed E-state index contributed by atoms with van der Waals surface area (Å²) in [6.07, 6.45) is -0.555. The molecule has 1 heterocycles. The Labute approximate surface area is 105 Å². The van der Waals surface area contributed by atoms with Gasteiger partial charge in [-0.3, -0.25) is 0 Å². The van der Waals surface area contributed by atoms with Gasteiger partial charge >= 0.3 is 6.09 Å². The Balaban J connectivity index is 2.49. The maximum absolute atomic E-state index is 13.5. The first-order chi connectivity index (χ1) is 8.31. The smallest absolute Gasteiger partial charge is 0.407 e. The van der Waals surface area contributed by atoms with Crippen molar-refractivity contribution in [1.29, 1.82) is 0 Å². The van der Waals surface area contributed by atoms with E-state index in [0.29, 0.717) is 11.1 Å². The Kier molecular flexibility index (Phi) is 2.92. The second-order valence-electron chi connectivity index (χ2n) is 5.30. The predicted octanol–water partition coefficient (Wildman–Crippen LogP) is 2.65. The molecule has 1 aromatic carbocycles. The highest BCUT2D eigenvalue weighted by molar-refractivity contribution is 5.69. The third-order valence-electron chi connectivity index (χ3n) is 3.22. The molecule has 1 saturated heterocycles. The van der Waals surface area contributed by atoms with Gasteiger partial charge in [0.15, 0.2) is 0 Å². The van der Waals surface area contributed by atoms with Crippen molar-refractivity contribution in [2.45, 2.75) is 26.8 Å². The van der Waals surface area contributed by atoms with Gasteiger partial charge in [-0.2, -0.15) is 0 Å². The number of amides is 1. The number of carbonyl (C=O) groups is 1. The summed E-state index contributed by atoms with van der Waals surface area (Å²) in [5.41, 5.74) is 0.404. The van der Waals surface area contributed by atoms with E-state index in [9.17, 15) is 14.3 Å². The first-order valence-corrected chi connectivity index (χ1v) is 5.73. The molecule has 1 amide bonds. The number of phenolic OH excluding ortho intramolecular Hbond substituents is 1. The zero-order chi connectivity index (χ0) is 13.5. The summed E-state index contributed by atoms with van der Waals surface area (Å²) in [4.78, 5) is 11.3. The highest BCUT2D eigenvalue weighted by Gasteiger charge is 2.39. The lowest BCUT2D eigenvalue weighted by atomic mass is 9.79. The molecular weight excluding hydrogens is 237 g/mol. The minimum absolute atomic E-state index is 0.0108. The van der Waals surface area contributed by atoms with Crippen molar-refractivity contribution >= 4 is 6.09 Å². The number of carbonyl (C=O) groups excluding carboxylic acids is 1. The molecule has 1 fully saturated rings. The molecule has 0 aromatic heterocycles. The van der Waals surface area contributed by atoms with E-state index in [-0.39, 0.29) is 12.4 Å². The summed E-state index contributed by atoms with van der Waals surface area (Å²) >= 11 is 0. The topological polar surface area (TPSA) is 58.6 Å². The van der Waals surface area contributed by atoms with E-state index in [1.807, 2.05) is 13.8 Å². The third-order valence-corrected chi connectivity index (χ3v) is 3.22. The Hall–Kier alpha value is -1.78. The first kappa shape index (κ1) is 12.7. The van der Waals surface area contributed by atoms with Crippen LogP contribution in [0.2, 0.25) is 0 Å². The highest BCUT2D eigenvalue weighted by Crippen LogP contribution is 2.41. The van der Waals surface area contributed by atoms with E-state index < -0.39 is 23.4 Å². The minimum atomic E-state index is -0.555. The number of phenols is 1. The van der Waals surface area contributed by atoms with Gasteiger partial charge in [-0.05, 0) is 24.6 Å². The number of benzene rings is 1. The molecule has 1 aliphatic heterocycles. The Morgan fingerprint density at radius 2 is 2.17 bits per heavy atom. The van der Waals surface area contributed by atoms with Gasteiger partial charge in [0.05, 0.1) is 6.04 Å². The average molecular weight is 253 g/mol. The summed E-state index contributed by atoms with van der Waals surface area (Å²) in [6.45, 7) is 5.61. The van der Waals surface area contributed by atoms with E-state index in [2.05, 4.69) is 5.32 Å². The number of halogens is 1. The lowest BCUT2D eigenvalue weighted by Crippen LogP contribution is -2.47. The maximum atomic E-state index is 13.5. The molecule has 0 unspecified atom stereocenters. The second kappa shape index (κ2) is 4.15. The van der Waals surface area contributed by atoms with Gasteiger partial charge in [0.1, 0.15) is 18.2 Å². The van der Waals surface area contributed by atoms with Gasteiger partial charge in [0, 0.05) is 11.0 Å². The molecule has 1 atom stereocenters. The molecule has 1 aromatic rings. The van der Waals surface area contributed by atoms with Crippen molar-refractivity contribution in [3.05, 3.63) is 29.1 Å². The lowest BCUT2D eigenvalue weighted by molar-refractivity contribution is 0.0380. The van der Waals surface area contributed by atoms with Crippen LogP contribution in [0, 0.1) is 18.2 Å². The third kappa shape index (κ3) is 2.12. The fourth-order valence-electron chi connectivity index (χ4n) is 2.17. The largest absolute Gasteiger partial charge is 0.507 e. The monoisotopic (exact) mass is 253 g/mol. The van der Waals surface area contributed by atoms with Crippen molar-refractivity contribution in [1.82, 2.24) is 5.32 Å². The normalized spacial score (nSPS) is 22.2. The minimum Gasteiger partial charge on any atom is -0.507 e. The summed E-state index contributed by atoms with van der Waals surface area (Å²) in [7, 11) is 0. The number of ether oxygens (including phenoxy) is 1. The lowest BCUT2D eigenvalue weighted by Gasteiger charge is -2.38. The number of hydrogen-bond acceptors (Lipinski definition) is 3. The van der Waals surface area contributed by atoms with E-state index in [4.69, 9.17) is 4.74 Å². The van der Waals surface area contributed by atoms with Crippen molar-refractivity contribution in [2.75, 3.05) is 6.61 Å². The quantitative estimate of drug-likeness (QED) is 0.809. The number of aromatic hydroxyl groups is 1. The van der Waals surface area contributed by atoms with Gasteiger partial charge in [-0.1, -0.05) is 13.8 Å². The van der Waals surface area contributed by atoms with Crippen LogP contribution >= 0.6 is 0 Å². The van der Waals surface area contributed by atoms with Gasteiger partial charge < -0.3 is 15.2 Å². The number of aryl methyl sites for hydroxylation is 1. The number of rotatable bonds is 1. The molecule has 5 heteroatoms. The molecule has 0 saturated carbocycles. The van der Waals surface area contributed by atoms with E-state index in [1.165, 1.54) is 12.1 Å². The van der Waals surface area contributed by atoms with Crippen LogP contribution in [-0.2, 0) is 4.74 Å². The van der Waals surface area contributed by atoms with Crippen LogP contribution in [0.5, 0.6) is 5.75 Å². The molecule has 0 radical (unpaired) electrons. The highest BCUT2D eigenvalue weighted by atomic mass is 19.1. The first-order valence-electron chi connectivity index (χ1n) is 5.73. The molecule has 1 aliphatic rings. The Bertz CT molecular complexity index is 499. The molecule has 98 valence electrons. The van der Waals surface area contributed by atoms with Crippen molar-refractivity contribution in [3.63, 3.8) is 0 Å². The summed E-state index contributed by atoms with van der Waals surface area (Å²) < 4.78 is 18.4. The van der Waals surface area contributed by atoms with E-state index >= 15 is 0 Å². The van der Waals surface area contributed by atoms with Crippen LogP contribution < -0.4 is 5.32 Å². The van der Waals surface area contributed by atoms with Gasteiger partial charge in [-0.25, -0.2) is 9.18 Å². The van der Waals surface area contributed by atoms with Gasteiger partial charge in [-0.15, -0.1) is 0 Å². The van der Waals surface area contributed by atoms with Crippen molar-refractivity contribution < 1.29 is 19.0 Å². The number of cyclic esters (lactones) is 1. The van der Waals surface area contributed by atoms with Gasteiger partial charge in [0.2, 0.25) is 0 Å². The summed E-state index contributed by atoms with van der Waals surface area (Å²) in [5, 5.41) is 12.7. The molecule has 18 heavy (non-hydrogen) atoms. The molecule has 2 N–H and O–H groups in total. The second-order valence-corrected chi connectivity index (χ2v) is 5.30. The average Bonchev–Trinajstić information content (AvgIpc) is 2.27. The van der Waals surface area contributed by atoms with Crippen molar-refractivity contribution in [2.24, 2.45) is 5.41 Å². The van der Waals surface area contributed by atoms with Crippen LogP contribution in [0.1, 0.15) is 31.0 Å². The van der Waals surface area contributed by atoms with Crippen LogP contribution in [-0.4, -0.2) is 17.8 Å². The molecular formula is C13H16FNO3.